The number of carboxylic acids is 2. The Morgan fingerprint density at radius 1 is 0.949 bits per heavy atom. The van der Waals surface area contributed by atoms with Gasteiger partial charge in [-0.25, -0.2) is 9.59 Å². The van der Waals surface area contributed by atoms with E-state index in [9.17, 15) is 40.7 Å². The minimum Gasteiger partial charge on any atom is -0.475 e. The van der Waals surface area contributed by atoms with Crippen LogP contribution in [0.1, 0.15) is 34.3 Å². The minimum atomic E-state index is -5.08. The summed E-state index contributed by atoms with van der Waals surface area (Å²) in [4.78, 5) is 58.1. The number of rotatable bonds is 3. The van der Waals surface area contributed by atoms with Gasteiger partial charge in [0.05, 0.1) is 0 Å². The first-order valence-corrected chi connectivity index (χ1v) is 11.3. The fraction of sp³-hybridized carbons (Fsp3) is 0.500. The summed E-state index contributed by atoms with van der Waals surface area (Å²) in [6.45, 7) is 5.22. The van der Waals surface area contributed by atoms with Crippen molar-refractivity contribution in [3.05, 3.63) is 34.9 Å². The number of carbonyl (C=O) groups excluding carboxylic acids is 3. The molecule has 1 unspecified atom stereocenters. The van der Waals surface area contributed by atoms with Crippen LogP contribution in [-0.2, 0) is 32.3 Å². The number of halogens is 6. The quantitative estimate of drug-likeness (QED) is 0.309. The van der Waals surface area contributed by atoms with Gasteiger partial charge in [-0.1, -0.05) is 12.1 Å². The molecule has 2 saturated heterocycles. The van der Waals surface area contributed by atoms with E-state index in [4.69, 9.17) is 19.8 Å². The van der Waals surface area contributed by atoms with Gasteiger partial charge in [-0.05, 0) is 23.6 Å². The third-order valence-corrected chi connectivity index (χ3v) is 5.77. The summed E-state index contributed by atoms with van der Waals surface area (Å²) in [6, 6.07) is 5.28. The first kappa shape index (κ1) is 31.5. The van der Waals surface area contributed by atoms with E-state index in [0.29, 0.717) is 18.5 Å². The number of nitrogens with zero attached hydrogens (tertiary/aromatic N) is 2. The van der Waals surface area contributed by atoms with Crippen molar-refractivity contribution < 1.29 is 60.5 Å². The summed E-state index contributed by atoms with van der Waals surface area (Å²) in [5, 5.41) is 19.9. The molecule has 0 spiro atoms. The van der Waals surface area contributed by atoms with E-state index in [0.717, 1.165) is 43.9 Å². The third kappa shape index (κ3) is 8.91. The standard InChI is InChI=1S/C18H22N4O3.2C2HF3O2/c23-16-5-4-15(17(24)20-16)22-11-14-12(2-1-3-13(14)18(22)25)10-21-8-6-19-7-9-21;2*3-2(4,5)1(6)7/h1-3,15,19H,4-11H2,(H,20,23,24);2*(H,6,7). The third-order valence-electron chi connectivity index (χ3n) is 5.77. The van der Waals surface area contributed by atoms with Gasteiger partial charge in [0.15, 0.2) is 0 Å². The molecule has 4 N–H and O–H groups in total. The van der Waals surface area contributed by atoms with Crippen LogP contribution in [-0.4, -0.2) is 94.2 Å². The van der Waals surface area contributed by atoms with Gasteiger partial charge in [0.2, 0.25) is 11.8 Å². The number of carboxylic acid groups (broad SMARTS) is 2. The number of aliphatic carboxylic acids is 2. The highest BCUT2D eigenvalue weighted by atomic mass is 19.4. The number of carbonyl (C=O) groups is 5. The van der Waals surface area contributed by atoms with Crippen molar-refractivity contribution in [2.75, 3.05) is 26.2 Å². The van der Waals surface area contributed by atoms with Crippen LogP contribution in [0, 0.1) is 0 Å². The number of hydrogen-bond acceptors (Lipinski definition) is 7. The first-order valence-electron chi connectivity index (χ1n) is 11.3. The summed E-state index contributed by atoms with van der Waals surface area (Å²) in [7, 11) is 0. The molecule has 216 valence electrons. The predicted octanol–water partition coefficient (Wildman–Crippen LogP) is 1.12. The molecule has 0 saturated carbocycles. The van der Waals surface area contributed by atoms with Crippen molar-refractivity contribution in [3.63, 3.8) is 0 Å². The summed E-state index contributed by atoms with van der Waals surface area (Å²) in [6.07, 6.45) is -9.48. The van der Waals surface area contributed by atoms with E-state index in [1.165, 1.54) is 0 Å². The number of piperazine rings is 1. The summed E-state index contributed by atoms with van der Waals surface area (Å²) >= 11 is 0. The Morgan fingerprint density at radius 2 is 1.49 bits per heavy atom. The summed E-state index contributed by atoms with van der Waals surface area (Å²) in [5.74, 6) is -6.24. The van der Waals surface area contributed by atoms with Crippen LogP contribution in [0.4, 0.5) is 26.3 Å². The highest BCUT2D eigenvalue weighted by molar-refractivity contribution is 6.05. The lowest BCUT2D eigenvalue weighted by atomic mass is 10.0. The molecule has 17 heteroatoms. The second-order valence-corrected chi connectivity index (χ2v) is 8.48. The normalized spacial score (nSPS) is 19.7. The molecule has 0 radical (unpaired) electrons. The number of piperidine rings is 1. The summed E-state index contributed by atoms with van der Waals surface area (Å²) < 4.78 is 63.5. The molecular formula is C22H24F6N4O7. The van der Waals surface area contributed by atoms with E-state index in [-0.39, 0.29) is 24.1 Å². The smallest absolute Gasteiger partial charge is 0.475 e. The average molecular weight is 570 g/mol. The molecule has 3 aliphatic heterocycles. The number of amides is 3. The molecule has 4 rings (SSSR count). The maximum absolute atomic E-state index is 12.8. The first-order chi connectivity index (χ1) is 18.0. The zero-order valence-electron chi connectivity index (χ0n) is 20.1. The molecule has 1 aromatic carbocycles. The van der Waals surface area contributed by atoms with Gasteiger partial charge in [0, 0.05) is 51.3 Å². The monoisotopic (exact) mass is 570 g/mol. The largest absolute Gasteiger partial charge is 0.490 e. The second-order valence-electron chi connectivity index (χ2n) is 8.48. The van der Waals surface area contributed by atoms with Gasteiger partial charge in [-0.3, -0.25) is 24.6 Å². The highest BCUT2D eigenvalue weighted by Crippen LogP contribution is 2.30. The lowest BCUT2D eigenvalue weighted by molar-refractivity contribution is -0.193. The lowest BCUT2D eigenvalue weighted by Crippen LogP contribution is -2.52. The number of hydrogen-bond donors (Lipinski definition) is 4. The van der Waals surface area contributed by atoms with Crippen LogP contribution in [0.5, 0.6) is 0 Å². The van der Waals surface area contributed by atoms with E-state index in [1.54, 1.807) is 4.90 Å². The molecule has 3 heterocycles. The van der Waals surface area contributed by atoms with Crippen LogP contribution in [0.3, 0.4) is 0 Å². The zero-order valence-corrected chi connectivity index (χ0v) is 20.1. The molecule has 11 nitrogen and oxygen atoms in total. The molecule has 0 bridgehead atoms. The van der Waals surface area contributed by atoms with E-state index >= 15 is 0 Å². The number of alkyl halides is 6. The molecule has 0 aliphatic carbocycles. The van der Waals surface area contributed by atoms with E-state index in [2.05, 4.69) is 21.6 Å². The number of nitrogens with one attached hydrogen (secondary N) is 2. The van der Waals surface area contributed by atoms with Crippen LogP contribution in [0.15, 0.2) is 18.2 Å². The van der Waals surface area contributed by atoms with Crippen molar-refractivity contribution in [2.45, 2.75) is 44.3 Å². The number of imide groups is 1. The Labute approximate surface area is 216 Å². The van der Waals surface area contributed by atoms with Gasteiger partial charge in [-0.15, -0.1) is 0 Å². The molecule has 3 amide bonds. The van der Waals surface area contributed by atoms with Gasteiger partial charge < -0.3 is 20.4 Å². The Kier molecular flexibility index (Phi) is 10.4. The maximum Gasteiger partial charge on any atom is 0.490 e. The van der Waals surface area contributed by atoms with Crippen molar-refractivity contribution >= 4 is 29.7 Å². The topological polar surface area (TPSA) is 156 Å². The van der Waals surface area contributed by atoms with E-state index in [1.807, 2.05) is 12.1 Å². The average Bonchev–Trinajstić information content (AvgIpc) is 3.16. The Morgan fingerprint density at radius 3 is 1.97 bits per heavy atom. The molecule has 1 atom stereocenters. The van der Waals surface area contributed by atoms with Crippen molar-refractivity contribution in [1.82, 2.24) is 20.4 Å². The molecule has 3 aliphatic rings. The van der Waals surface area contributed by atoms with Gasteiger partial charge in [-0.2, -0.15) is 26.3 Å². The van der Waals surface area contributed by atoms with Gasteiger partial charge >= 0.3 is 24.3 Å². The number of fused-ring (bicyclic) bond motifs is 1. The molecule has 2 fully saturated rings. The van der Waals surface area contributed by atoms with Crippen molar-refractivity contribution in [1.29, 1.82) is 0 Å². The molecule has 1 aromatic rings. The predicted molar refractivity (Wildman–Crippen MR) is 118 cm³/mol. The van der Waals surface area contributed by atoms with Crippen molar-refractivity contribution in [2.24, 2.45) is 0 Å². The zero-order chi connectivity index (χ0) is 29.5. The van der Waals surface area contributed by atoms with Gasteiger partial charge in [0.1, 0.15) is 6.04 Å². The molecule has 39 heavy (non-hydrogen) atoms. The SMILES string of the molecule is O=C(O)C(F)(F)F.O=C(O)C(F)(F)F.O=C1CCC(N2Cc3c(CN4CCNCC4)cccc3C2=O)C(=O)N1. The van der Waals surface area contributed by atoms with E-state index < -0.39 is 30.3 Å². The molecule has 0 aromatic heterocycles. The summed E-state index contributed by atoms with van der Waals surface area (Å²) in [5.41, 5.74) is 2.87. The fourth-order valence-electron chi connectivity index (χ4n) is 3.91. The van der Waals surface area contributed by atoms with Crippen LogP contribution < -0.4 is 10.6 Å². The second kappa shape index (κ2) is 12.9. The van der Waals surface area contributed by atoms with Crippen LogP contribution >= 0.6 is 0 Å². The number of benzene rings is 1. The van der Waals surface area contributed by atoms with Gasteiger partial charge in [0.25, 0.3) is 5.91 Å². The Hall–Kier alpha value is -3.73. The van der Waals surface area contributed by atoms with Crippen molar-refractivity contribution in [3.8, 4) is 0 Å². The molecular weight excluding hydrogens is 546 g/mol. The maximum atomic E-state index is 12.8. The Bertz CT molecular complexity index is 1080. The van der Waals surface area contributed by atoms with Crippen LogP contribution in [0.25, 0.3) is 0 Å². The highest BCUT2D eigenvalue weighted by Gasteiger charge is 2.40. The van der Waals surface area contributed by atoms with Crippen LogP contribution in [0.2, 0.25) is 0 Å². The Balaban J connectivity index is 0.000000317. The lowest BCUT2D eigenvalue weighted by Gasteiger charge is -2.29. The fourth-order valence-corrected chi connectivity index (χ4v) is 3.91. The minimum absolute atomic E-state index is 0.105.